The fraction of sp³-hybridized carbons (Fsp3) is 0.647. The van der Waals surface area contributed by atoms with Crippen LogP contribution in [-0.4, -0.2) is 63.3 Å². The van der Waals surface area contributed by atoms with Gasteiger partial charge in [0.1, 0.15) is 11.4 Å². The largest absolute Gasteiger partial charge is 0.384 e. The zero-order chi connectivity index (χ0) is 19.6. The number of hydrogen-bond acceptors (Lipinski definition) is 6. The highest BCUT2D eigenvalue weighted by Crippen LogP contribution is 2.10. The minimum atomic E-state index is -0.667. The predicted octanol–water partition coefficient (Wildman–Crippen LogP) is -0.868. The van der Waals surface area contributed by atoms with Gasteiger partial charge in [-0.2, -0.15) is 0 Å². The quantitative estimate of drug-likeness (QED) is 0.679. The molecular formula is C17H27N5O4. The van der Waals surface area contributed by atoms with E-state index < -0.39 is 17.0 Å². The summed E-state index contributed by atoms with van der Waals surface area (Å²) >= 11 is 0. The Morgan fingerprint density at radius 2 is 1.69 bits per heavy atom. The molecule has 2 N–H and O–H groups in total. The summed E-state index contributed by atoms with van der Waals surface area (Å²) in [5.41, 5.74) is 4.70. The Balaban J connectivity index is 2.26. The highest BCUT2D eigenvalue weighted by atomic mass is 16.2. The molecule has 144 valence electrons. The van der Waals surface area contributed by atoms with E-state index in [2.05, 4.69) is 0 Å². The third-order valence-corrected chi connectivity index (χ3v) is 4.59. The number of ketones is 1. The Kier molecular flexibility index (Phi) is 6.01. The van der Waals surface area contributed by atoms with Crippen molar-refractivity contribution < 1.29 is 9.59 Å². The molecule has 1 aliphatic rings. The summed E-state index contributed by atoms with van der Waals surface area (Å²) < 4.78 is 2.21. The first-order chi connectivity index (χ1) is 12.1. The topological polar surface area (TPSA) is 111 Å². The van der Waals surface area contributed by atoms with Gasteiger partial charge in [0, 0.05) is 46.7 Å². The Morgan fingerprint density at radius 1 is 1.12 bits per heavy atom. The summed E-state index contributed by atoms with van der Waals surface area (Å²) in [6.07, 6.45) is 0. The second-order valence-corrected chi connectivity index (χ2v) is 7.12. The van der Waals surface area contributed by atoms with Crippen LogP contribution in [0.4, 0.5) is 5.82 Å². The molecular weight excluding hydrogens is 338 g/mol. The average Bonchev–Trinajstić information content (AvgIpc) is 2.57. The minimum Gasteiger partial charge on any atom is -0.384 e. The van der Waals surface area contributed by atoms with E-state index in [-0.39, 0.29) is 29.8 Å². The maximum absolute atomic E-state index is 12.7. The number of nitrogens with two attached hydrogens (primary N) is 1. The van der Waals surface area contributed by atoms with Crippen LogP contribution in [0.2, 0.25) is 0 Å². The molecule has 1 aliphatic heterocycles. The van der Waals surface area contributed by atoms with E-state index in [0.29, 0.717) is 32.7 Å². The van der Waals surface area contributed by atoms with Gasteiger partial charge in [-0.05, 0) is 5.92 Å². The predicted molar refractivity (Wildman–Crippen MR) is 98.2 cm³/mol. The summed E-state index contributed by atoms with van der Waals surface area (Å²) in [7, 11) is 1.35. The van der Waals surface area contributed by atoms with E-state index in [9.17, 15) is 19.2 Å². The van der Waals surface area contributed by atoms with Crippen LogP contribution in [0, 0.1) is 5.92 Å². The number of aromatic nitrogens is 2. The van der Waals surface area contributed by atoms with Crippen LogP contribution < -0.4 is 17.0 Å². The number of anilines is 1. The molecule has 0 saturated carbocycles. The van der Waals surface area contributed by atoms with E-state index in [1.54, 1.807) is 4.90 Å². The molecule has 0 aromatic carbocycles. The lowest BCUT2D eigenvalue weighted by Gasteiger charge is -2.33. The second-order valence-electron chi connectivity index (χ2n) is 7.12. The van der Waals surface area contributed by atoms with Crippen molar-refractivity contribution in [3.63, 3.8) is 0 Å². The van der Waals surface area contributed by atoms with Crippen LogP contribution in [0.3, 0.4) is 0 Å². The number of Topliss-reactive ketones (excluding diaryl/α,β-unsaturated/α-hetero) is 1. The van der Waals surface area contributed by atoms with Gasteiger partial charge in [-0.3, -0.25) is 28.4 Å². The molecule has 1 amide bonds. The molecule has 1 fully saturated rings. The summed E-state index contributed by atoms with van der Waals surface area (Å²) in [5, 5.41) is 0. The average molecular weight is 365 g/mol. The molecule has 9 nitrogen and oxygen atoms in total. The van der Waals surface area contributed by atoms with Gasteiger partial charge < -0.3 is 10.6 Å². The van der Waals surface area contributed by atoms with Gasteiger partial charge in [-0.1, -0.05) is 13.8 Å². The van der Waals surface area contributed by atoms with Gasteiger partial charge in [0.05, 0.1) is 6.54 Å². The number of nitrogen functional groups attached to an aromatic ring is 1. The Bertz CT molecular complexity index is 816. The van der Waals surface area contributed by atoms with E-state index in [1.165, 1.54) is 18.5 Å². The fourth-order valence-corrected chi connectivity index (χ4v) is 3.09. The van der Waals surface area contributed by atoms with Crippen molar-refractivity contribution in [2.75, 3.05) is 38.5 Å². The summed E-state index contributed by atoms with van der Waals surface area (Å²) in [6.45, 7) is 7.92. The molecule has 1 saturated heterocycles. The number of carbonyl (C=O) groups is 2. The molecule has 0 aliphatic carbocycles. The number of amides is 1. The van der Waals surface area contributed by atoms with E-state index in [0.717, 1.165) is 4.57 Å². The van der Waals surface area contributed by atoms with Gasteiger partial charge in [-0.15, -0.1) is 0 Å². The molecule has 0 radical (unpaired) electrons. The van der Waals surface area contributed by atoms with Crippen molar-refractivity contribution in [2.24, 2.45) is 13.0 Å². The van der Waals surface area contributed by atoms with E-state index in [1.807, 2.05) is 18.7 Å². The van der Waals surface area contributed by atoms with E-state index >= 15 is 0 Å². The highest BCUT2D eigenvalue weighted by Gasteiger charge is 2.25. The lowest BCUT2D eigenvalue weighted by Crippen LogP contribution is -2.50. The Hall–Kier alpha value is -2.42. The normalized spacial score (nSPS) is 15.5. The molecule has 0 unspecified atom stereocenters. The number of piperazine rings is 1. The zero-order valence-corrected chi connectivity index (χ0v) is 15.8. The maximum atomic E-state index is 12.7. The maximum Gasteiger partial charge on any atom is 0.332 e. The van der Waals surface area contributed by atoms with Crippen LogP contribution in [-0.2, 0) is 18.4 Å². The number of carbonyl (C=O) groups excluding carboxylic acids is 2. The smallest absolute Gasteiger partial charge is 0.332 e. The minimum absolute atomic E-state index is 0.00912. The molecule has 1 aromatic heterocycles. The van der Waals surface area contributed by atoms with Crippen LogP contribution in [0.25, 0.3) is 0 Å². The molecule has 1 aromatic rings. The SMILES string of the molecule is CC(=O)N1CCN(CC(=O)c2c(N)n(CC(C)C)c(=O)n(C)c2=O)CC1. The van der Waals surface area contributed by atoms with Gasteiger partial charge in [0.15, 0.2) is 5.78 Å². The molecule has 9 heteroatoms. The number of nitrogens with zero attached hydrogens (tertiary/aromatic N) is 4. The summed E-state index contributed by atoms with van der Waals surface area (Å²) in [5.74, 6) is -0.332. The van der Waals surface area contributed by atoms with Crippen molar-refractivity contribution >= 4 is 17.5 Å². The van der Waals surface area contributed by atoms with E-state index in [4.69, 9.17) is 5.73 Å². The first-order valence-corrected chi connectivity index (χ1v) is 8.73. The Labute approximate surface area is 152 Å². The van der Waals surface area contributed by atoms with Gasteiger partial charge in [0.25, 0.3) is 5.56 Å². The van der Waals surface area contributed by atoms with Crippen molar-refractivity contribution in [3.8, 4) is 0 Å². The first kappa shape index (κ1) is 19.9. The monoisotopic (exact) mass is 365 g/mol. The van der Waals surface area contributed by atoms with Crippen LogP contribution in [0.5, 0.6) is 0 Å². The molecule has 0 spiro atoms. The molecule has 2 rings (SSSR count). The lowest BCUT2D eigenvalue weighted by atomic mass is 10.1. The van der Waals surface area contributed by atoms with Crippen LogP contribution >= 0.6 is 0 Å². The van der Waals surface area contributed by atoms with Gasteiger partial charge >= 0.3 is 5.69 Å². The van der Waals surface area contributed by atoms with Crippen molar-refractivity contribution in [1.29, 1.82) is 0 Å². The lowest BCUT2D eigenvalue weighted by molar-refractivity contribution is -0.130. The van der Waals surface area contributed by atoms with Crippen molar-refractivity contribution in [2.45, 2.75) is 27.3 Å². The van der Waals surface area contributed by atoms with Crippen molar-refractivity contribution in [1.82, 2.24) is 18.9 Å². The molecule has 26 heavy (non-hydrogen) atoms. The fourth-order valence-electron chi connectivity index (χ4n) is 3.09. The number of rotatable bonds is 5. The third kappa shape index (κ3) is 4.04. The third-order valence-electron chi connectivity index (χ3n) is 4.59. The second kappa shape index (κ2) is 7.86. The Morgan fingerprint density at radius 3 is 2.19 bits per heavy atom. The standard InChI is InChI=1S/C17H27N5O4/c1-11(2)9-22-15(18)14(16(25)19(4)17(22)26)13(24)10-20-5-7-21(8-6-20)12(3)23/h11H,5-10,18H2,1-4H3. The zero-order valence-electron chi connectivity index (χ0n) is 15.8. The van der Waals surface area contributed by atoms with Crippen molar-refractivity contribution in [3.05, 3.63) is 26.4 Å². The molecule has 0 atom stereocenters. The van der Waals surface area contributed by atoms with Gasteiger partial charge in [0.2, 0.25) is 5.91 Å². The van der Waals surface area contributed by atoms with Gasteiger partial charge in [-0.25, -0.2) is 4.79 Å². The summed E-state index contributed by atoms with van der Waals surface area (Å²) in [6, 6.07) is 0. The molecule has 2 heterocycles. The highest BCUT2D eigenvalue weighted by molar-refractivity contribution is 6.01. The summed E-state index contributed by atoms with van der Waals surface area (Å²) in [4.78, 5) is 52.5. The number of hydrogen-bond donors (Lipinski definition) is 1. The van der Waals surface area contributed by atoms with Crippen LogP contribution in [0.15, 0.2) is 9.59 Å². The molecule has 0 bridgehead atoms. The first-order valence-electron chi connectivity index (χ1n) is 8.73. The van der Waals surface area contributed by atoms with Crippen LogP contribution in [0.1, 0.15) is 31.1 Å².